The van der Waals surface area contributed by atoms with Crippen LogP contribution in [0.5, 0.6) is 0 Å². The number of pyridine rings is 2. The van der Waals surface area contributed by atoms with E-state index >= 15 is 0 Å². The number of fused-ring (bicyclic) bond motifs is 1. The Morgan fingerprint density at radius 3 is 2.61 bits per heavy atom. The summed E-state index contributed by atoms with van der Waals surface area (Å²) in [6.07, 6.45) is 1.30. The second-order valence-electron chi connectivity index (χ2n) is 8.33. The Labute approximate surface area is 189 Å². The van der Waals surface area contributed by atoms with Crippen molar-refractivity contribution in [1.82, 2.24) is 25.1 Å². The lowest BCUT2D eigenvalue weighted by Crippen LogP contribution is -2.42. The van der Waals surface area contributed by atoms with Gasteiger partial charge in [0.15, 0.2) is 11.5 Å². The van der Waals surface area contributed by atoms with Crippen LogP contribution in [0.15, 0.2) is 30.7 Å². The average molecular weight is 457 g/mol. The molecule has 3 aromatic rings. The molecule has 33 heavy (non-hydrogen) atoms. The Hall–Kier alpha value is -3.65. The van der Waals surface area contributed by atoms with Crippen molar-refractivity contribution in [2.24, 2.45) is 0 Å². The van der Waals surface area contributed by atoms with Crippen molar-refractivity contribution in [3.05, 3.63) is 41.9 Å². The van der Waals surface area contributed by atoms with Gasteiger partial charge in [-0.2, -0.15) is 15.0 Å². The molecule has 11 heteroatoms. The van der Waals surface area contributed by atoms with Gasteiger partial charge in [0, 0.05) is 23.8 Å². The highest BCUT2D eigenvalue weighted by molar-refractivity contribution is 5.99. The van der Waals surface area contributed by atoms with Gasteiger partial charge in [0.25, 0.3) is 5.91 Å². The Bertz CT molecular complexity index is 1200. The second-order valence-corrected chi connectivity index (χ2v) is 8.33. The van der Waals surface area contributed by atoms with E-state index in [-0.39, 0.29) is 11.3 Å². The maximum Gasteiger partial charge on any atom is 0.255 e. The van der Waals surface area contributed by atoms with Gasteiger partial charge in [-0.25, -0.2) is 18.7 Å². The summed E-state index contributed by atoms with van der Waals surface area (Å²) in [6.45, 7) is 5.20. The maximum atomic E-state index is 14.1. The van der Waals surface area contributed by atoms with Crippen LogP contribution in [0.1, 0.15) is 43.6 Å². The number of anilines is 1. The summed E-state index contributed by atoms with van der Waals surface area (Å²) < 4.78 is 29.3. The fraction of sp³-hybridized carbons (Fsp3) is 0.409. The number of rotatable bonds is 8. The van der Waals surface area contributed by atoms with Gasteiger partial charge in [-0.1, -0.05) is 0 Å². The number of halogens is 2. The number of nitrogens with one attached hydrogen (secondary N) is 2. The molecule has 0 saturated heterocycles. The Kier molecular flexibility index (Phi) is 6.88. The predicted molar refractivity (Wildman–Crippen MR) is 119 cm³/mol. The highest BCUT2D eigenvalue weighted by Gasteiger charge is 2.27. The maximum absolute atomic E-state index is 14.1. The second kappa shape index (κ2) is 9.46. The van der Waals surface area contributed by atoms with E-state index in [0.29, 0.717) is 22.4 Å². The standard InChI is InChI=1S/C22H25F2N7O2/c1-12(23)13(2)30-17-6-19(31-20-15(9-29-31)5-14(7-25)8-27-20)26-10-16(17)21(32)28-11-18(24)22(3,4)33/h5-6,8-10,12-13,18,33H,11H2,1-4H3,(H,26,30)(H,28,32)/t12?,13-,18+/m0/s1. The number of alkyl halides is 2. The summed E-state index contributed by atoms with van der Waals surface area (Å²) in [5.74, 6) is -0.330. The molecule has 3 aromatic heterocycles. The first-order valence-electron chi connectivity index (χ1n) is 10.3. The van der Waals surface area contributed by atoms with E-state index in [2.05, 4.69) is 25.7 Å². The molecule has 0 radical (unpaired) electrons. The van der Waals surface area contributed by atoms with Crippen molar-refractivity contribution < 1.29 is 18.7 Å². The van der Waals surface area contributed by atoms with E-state index in [4.69, 9.17) is 5.26 Å². The molecule has 3 rings (SSSR count). The van der Waals surface area contributed by atoms with Crippen molar-refractivity contribution in [3.8, 4) is 11.9 Å². The average Bonchev–Trinajstić information content (AvgIpc) is 3.19. The van der Waals surface area contributed by atoms with Crippen LogP contribution in [0.4, 0.5) is 14.5 Å². The zero-order valence-corrected chi connectivity index (χ0v) is 18.7. The van der Waals surface area contributed by atoms with Gasteiger partial charge in [-0.05, 0) is 33.8 Å². The van der Waals surface area contributed by atoms with E-state index in [9.17, 15) is 18.7 Å². The van der Waals surface area contributed by atoms with E-state index in [1.54, 1.807) is 13.0 Å². The number of aromatic nitrogens is 4. The van der Waals surface area contributed by atoms with Gasteiger partial charge >= 0.3 is 0 Å². The smallest absolute Gasteiger partial charge is 0.255 e. The van der Waals surface area contributed by atoms with Gasteiger partial charge in [0.2, 0.25) is 0 Å². The van der Waals surface area contributed by atoms with E-state index in [1.165, 1.54) is 50.1 Å². The van der Waals surface area contributed by atoms with Crippen LogP contribution >= 0.6 is 0 Å². The van der Waals surface area contributed by atoms with Crippen molar-refractivity contribution in [1.29, 1.82) is 5.26 Å². The van der Waals surface area contributed by atoms with Crippen LogP contribution in [0.2, 0.25) is 0 Å². The molecule has 0 bridgehead atoms. The summed E-state index contributed by atoms with van der Waals surface area (Å²) in [5.41, 5.74) is -0.445. The molecule has 0 aliphatic heterocycles. The molecule has 1 unspecified atom stereocenters. The number of hydrogen-bond acceptors (Lipinski definition) is 7. The number of carbonyl (C=O) groups excluding carboxylic acids is 1. The quantitative estimate of drug-likeness (QED) is 0.474. The predicted octanol–water partition coefficient (Wildman–Crippen LogP) is 2.68. The molecule has 9 nitrogen and oxygen atoms in total. The number of carbonyl (C=O) groups is 1. The molecule has 1 amide bonds. The fourth-order valence-electron chi connectivity index (χ4n) is 2.90. The first-order valence-corrected chi connectivity index (χ1v) is 10.3. The van der Waals surface area contributed by atoms with Crippen molar-refractivity contribution in [2.45, 2.75) is 51.7 Å². The molecular weight excluding hydrogens is 432 g/mol. The molecular formula is C22H25F2N7O2. The number of amides is 1. The van der Waals surface area contributed by atoms with Crippen LogP contribution in [0, 0.1) is 11.3 Å². The van der Waals surface area contributed by atoms with Crippen molar-refractivity contribution >= 4 is 22.6 Å². The van der Waals surface area contributed by atoms with Gasteiger partial charge in [-0.3, -0.25) is 4.79 Å². The van der Waals surface area contributed by atoms with Crippen LogP contribution in [0.25, 0.3) is 16.9 Å². The summed E-state index contributed by atoms with van der Waals surface area (Å²) in [6, 6.07) is 4.53. The first-order chi connectivity index (χ1) is 15.5. The third-order valence-corrected chi connectivity index (χ3v) is 5.17. The first kappa shape index (κ1) is 24.0. The summed E-state index contributed by atoms with van der Waals surface area (Å²) in [4.78, 5) is 21.3. The molecule has 3 N–H and O–H groups in total. The third kappa shape index (κ3) is 5.40. The summed E-state index contributed by atoms with van der Waals surface area (Å²) >= 11 is 0. The van der Waals surface area contributed by atoms with Crippen LogP contribution in [-0.4, -0.2) is 61.3 Å². The molecule has 0 fully saturated rings. The minimum absolute atomic E-state index is 0.0744. The van der Waals surface area contributed by atoms with Gasteiger partial charge in [-0.15, -0.1) is 0 Å². The zero-order chi connectivity index (χ0) is 24.3. The third-order valence-electron chi connectivity index (χ3n) is 5.17. The van der Waals surface area contributed by atoms with Crippen molar-refractivity contribution in [2.75, 3.05) is 11.9 Å². The Balaban J connectivity index is 1.97. The molecule has 0 spiro atoms. The Morgan fingerprint density at radius 1 is 1.24 bits per heavy atom. The topological polar surface area (TPSA) is 129 Å². The molecule has 0 aromatic carbocycles. The molecule has 0 saturated carbocycles. The summed E-state index contributed by atoms with van der Waals surface area (Å²) in [5, 5.41) is 29.1. The van der Waals surface area contributed by atoms with Crippen LogP contribution in [-0.2, 0) is 0 Å². The van der Waals surface area contributed by atoms with Crippen LogP contribution in [0.3, 0.4) is 0 Å². The number of hydrogen-bond donors (Lipinski definition) is 3. The van der Waals surface area contributed by atoms with E-state index < -0.39 is 36.4 Å². The van der Waals surface area contributed by atoms with Gasteiger partial charge in [0.05, 0.1) is 41.2 Å². The van der Waals surface area contributed by atoms with E-state index in [1.807, 2.05) is 6.07 Å². The lowest BCUT2D eigenvalue weighted by atomic mass is 10.0. The molecule has 174 valence electrons. The fourth-order valence-corrected chi connectivity index (χ4v) is 2.90. The molecule has 0 aliphatic rings. The van der Waals surface area contributed by atoms with Gasteiger partial charge < -0.3 is 15.7 Å². The number of nitriles is 1. The lowest BCUT2D eigenvalue weighted by molar-refractivity contribution is -0.00177. The number of aliphatic hydroxyl groups is 1. The van der Waals surface area contributed by atoms with Gasteiger partial charge in [0.1, 0.15) is 18.4 Å². The highest BCUT2D eigenvalue weighted by atomic mass is 19.1. The monoisotopic (exact) mass is 457 g/mol. The van der Waals surface area contributed by atoms with E-state index in [0.717, 1.165) is 0 Å². The minimum Gasteiger partial charge on any atom is -0.387 e. The van der Waals surface area contributed by atoms with Crippen molar-refractivity contribution in [3.63, 3.8) is 0 Å². The molecule has 3 heterocycles. The number of nitrogens with zero attached hydrogens (tertiary/aromatic N) is 5. The highest BCUT2D eigenvalue weighted by Crippen LogP contribution is 2.23. The zero-order valence-electron chi connectivity index (χ0n) is 18.7. The Morgan fingerprint density at radius 2 is 1.97 bits per heavy atom. The lowest BCUT2D eigenvalue weighted by Gasteiger charge is -2.23. The molecule has 0 aliphatic carbocycles. The molecule has 3 atom stereocenters. The normalized spacial score (nSPS) is 14.4. The largest absolute Gasteiger partial charge is 0.387 e. The minimum atomic E-state index is -1.69. The summed E-state index contributed by atoms with van der Waals surface area (Å²) in [7, 11) is 0. The van der Waals surface area contributed by atoms with Crippen LogP contribution < -0.4 is 10.6 Å². The SMILES string of the molecule is CC(F)[C@H](C)Nc1cc(-n2ncc3cc(C#N)cnc32)ncc1C(=O)NC[C@@H](F)C(C)(C)O.